The van der Waals surface area contributed by atoms with E-state index in [-0.39, 0.29) is 11.7 Å². The average Bonchev–Trinajstić information content (AvgIpc) is 2.70. The number of hydrogen-bond acceptors (Lipinski definition) is 2. The Labute approximate surface area is 87.5 Å². The second-order valence-corrected chi connectivity index (χ2v) is 3.68. The molecule has 78 valence electrons. The van der Waals surface area contributed by atoms with Crippen molar-refractivity contribution in [1.29, 1.82) is 0 Å². The van der Waals surface area contributed by atoms with E-state index in [1.54, 1.807) is 18.5 Å². The van der Waals surface area contributed by atoms with Crippen molar-refractivity contribution in [3.63, 3.8) is 0 Å². The van der Waals surface area contributed by atoms with Crippen LogP contribution in [0.25, 0.3) is 5.69 Å². The summed E-state index contributed by atoms with van der Waals surface area (Å²) in [7, 11) is 0. The Bertz CT molecular complexity index is 449. The lowest BCUT2D eigenvalue weighted by atomic mass is 10.0. The number of aromatic nitrogens is 3. The molecule has 1 aromatic carbocycles. The molecule has 0 radical (unpaired) electrons. The molecule has 1 aromatic heterocycles. The molecule has 0 spiro atoms. The molecule has 2 rings (SSSR count). The maximum Gasteiger partial charge on any atom is 0.123 e. The van der Waals surface area contributed by atoms with Gasteiger partial charge in [0.2, 0.25) is 0 Å². The number of nitrogens with zero attached hydrogens (tertiary/aromatic N) is 3. The van der Waals surface area contributed by atoms with E-state index in [1.165, 1.54) is 16.9 Å². The molecule has 0 atom stereocenters. The maximum atomic E-state index is 13.1. The van der Waals surface area contributed by atoms with Crippen LogP contribution in [0.5, 0.6) is 0 Å². The van der Waals surface area contributed by atoms with Gasteiger partial charge in [-0.3, -0.25) is 0 Å². The third kappa shape index (κ3) is 1.88. The number of halogens is 1. The average molecular weight is 205 g/mol. The zero-order valence-electron chi connectivity index (χ0n) is 8.68. The third-order valence-corrected chi connectivity index (χ3v) is 2.25. The molecule has 0 aliphatic carbocycles. The first-order chi connectivity index (χ1) is 7.18. The molecular weight excluding hydrogens is 193 g/mol. The first kappa shape index (κ1) is 9.83. The number of hydrogen-bond donors (Lipinski definition) is 0. The Morgan fingerprint density at radius 2 is 1.87 bits per heavy atom. The lowest BCUT2D eigenvalue weighted by Crippen LogP contribution is -2.04. The molecule has 4 heteroatoms. The Morgan fingerprint density at radius 3 is 2.47 bits per heavy atom. The zero-order chi connectivity index (χ0) is 10.8. The SMILES string of the molecule is CC(C)c1cc(F)ccc1-n1nccn1. The molecule has 2 aromatic rings. The minimum absolute atomic E-state index is 0.227. The summed E-state index contributed by atoms with van der Waals surface area (Å²) in [4.78, 5) is 1.51. The van der Waals surface area contributed by atoms with Crippen molar-refractivity contribution in [2.45, 2.75) is 19.8 Å². The summed E-state index contributed by atoms with van der Waals surface area (Å²) < 4.78 is 13.1. The Morgan fingerprint density at radius 1 is 1.20 bits per heavy atom. The molecule has 0 N–H and O–H groups in total. The summed E-state index contributed by atoms with van der Waals surface area (Å²) in [6.45, 7) is 4.03. The minimum atomic E-state index is -0.227. The van der Waals surface area contributed by atoms with Gasteiger partial charge < -0.3 is 0 Å². The molecule has 0 fully saturated rings. The van der Waals surface area contributed by atoms with Gasteiger partial charge in [-0.1, -0.05) is 13.8 Å². The highest BCUT2D eigenvalue weighted by atomic mass is 19.1. The molecule has 0 saturated heterocycles. The lowest BCUT2D eigenvalue weighted by molar-refractivity contribution is 0.619. The van der Waals surface area contributed by atoms with E-state index in [9.17, 15) is 4.39 Å². The molecule has 0 saturated carbocycles. The fraction of sp³-hybridized carbons (Fsp3) is 0.273. The monoisotopic (exact) mass is 205 g/mol. The predicted molar refractivity (Wildman–Crippen MR) is 55.4 cm³/mol. The number of rotatable bonds is 2. The van der Waals surface area contributed by atoms with Crippen molar-refractivity contribution in [3.05, 3.63) is 42.0 Å². The molecule has 0 unspecified atom stereocenters. The van der Waals surface area contributed by atoms with Gasteiger partial charge in [-0.25, -0.2) is 4.39 Å². The highest BCUT2D eigenvalue weighted by Crippen LogP contribution is 2.22. The summed E-state index contributed by atoms with van der Waals surface area (Å²) in [5.74, 6) is 0.0105. The van der Waals surface area contributed by atoms with Crippen molar-refractivity contribution in [1.82, 2.24) is 15.0 Å². The van der Waals surface area contributed by atoms with Crippen LogP contribution in [0.3, 0.4) is 0 Å². The van der Waals surface area contributed by atoms with Crippen LogP contribution in [0.4, 0.5) is 4.39 Å². The largest absolute Gasteiger partial charge is 0.207 e. The first-order valence-electron chi connectivity index (χ1n) is 4.84. The lowest BCUT2D eigenvalue weighted by Gasteiger charge is -2.11. The van der Waals surface area contributed by atoms with Crippen molar-refractivity contribution in [2.75, 3.05) is 0 Å². The molecule has 0 amide bonds. The van der Waals surface area contributed by atoms with Crippen LogP contribution in [0.1, 0.15) is 25.3 Å². The van der Waals surface area contributed by atoms with E-state index < -0.39 is 0 Å². The van der Waals surface area contributed by atoms with Crippen LogP contribution in [-0.2, 0) is 0 Å². The van der Waals surface area contributed by atoms with E-state index in [0.717, 1.165) is 11.3 Å². The summed E-state index contributed by atoms with van der Waals surface area (Å²) >= 11 is 0. The van der Waals surface area contributed by atoms with Crippen LogP contribution in [-0.4, -0.2) is 15.0 Å². The van der Waals surface area contributed by atoms with Crippen molar-refractivity contribution < 1.29 is 4.39 Å². The highest BCUT2D eigenvalue weighted by molar-refractivity contribution is 5.41. The van der Waals surface area contributed by atoms with Gasteiger partial charge in [-0.05, 0) is 29.7 Å². The standard InChI is InChI=1S/C11H12FN3/c1-8(2)10-7-9(12)3-4-11(10)15-13-5-6-14-15/h3-8H,1-2H3. The van der Waals surface area contributed by atoms with E-state index >= 15 is 0 Å². The van der Waals surface area contributed by atoms with E-state index in [2.05, 4.69) is 10.2 Å². The summed E-state index contributed by atoms with van der Waals surface area (Å²) in [5, 5.41) is 8.08. The minimum Gasteiger partial charge on any atom is -0.207 e. The topological polar surface area (TPSA) is 30.7 Å². The Kier molecular flexibility index (Phi) is 2.49. The molecule has 0 bridgehead atoms. The fourth-order valence-electron chi connectivity index (χ4n) is 1.51. The normalized spacial score (nSPS) is 10.9. The second-order valence-electron chi connectivity index (χ2n) is 3.68. The van der Waals surface area contributed by atoms with Gasteiger partial charge in [-0.2, -0.15) is 15.0 Å². The molecule has 3 nitrogen and oxygen atoms in total. The molecule has 15 heavy (non-hydrogen) atoms. The first-order valence-corrected chi connectivity index (χ1v) is 4.84. The van der Waals surface area contributed by atoms with Gasteiger partial charge in [0.1, 0.15) is 5.82 Å². The zero-order valence-corrected chi connectivity index (χ0v) is 8.68. The van der Waals surface area contributed by atoms with Crippen LogP contribution in [0.2, 0.25) is 0 Å². The predicted octanol–water partition coefficient (Wildman–Crippen LogP) is 2.53. The fourth-order valence-corrected chi connectivity index (χ4v) is 1.51. The van der Waals surface area contributed by atoms with E-state index in [1.807, 2.05) is 13.8 Å². The van der Waals surface area contributed by atoms with Gasteiger partial charge in [0.05, 0.1) is 18.1 Å². The number of benzene rings is 1. The van der Waals surface area contributed by atoms with Gasteiger partial charge in [0.15, 0.2) is 0 Å². The molecular formula is C11H12FN3. The summed E-state index contributed by atoms with van der Waals surface area (Å²) in [6.07, 6.45) is 3.21. The van der Waals surface area contributed by atoms with Crippen molar-refractivity contribution >= 4 is 0 Å². The van der Waals surface area contributed by atoms with Gasteiger partial charge in [0, 0.05) is 0 Å². The van der Waals surface area contributed by atoms with Crippen molar-refractivity contribution in [2.24, 2.45) is 0 Å². The van der Waals surface area contributed by atoms with Crippen molar-refractivity contribution in [3.8, 4) is 5.69 Å². The maximum absolute atomic E-state index is 13.1. The van der Waals surface area contributed by atoms with E-state index in [0.29, 0.717) is 0 Å². The Hall–Kier alpha value is -1.71. The quantitative estimate of drug-likeness (QED) is 0.754. The van der Waals surface area contributed by atoms with E-state index in [4.69, 9.17) is 0 Å². The van der Waals surface area contributed by atoms with Gasteiger partial charge in [0.25, 0.3) is 0 Å². The summed E-state index contributed by atoms with van der Waals surface area (Å²) in [6, 6.07) is 4.65. The second kappa shape index (κ2) is 3.81. The molecule has 0 aliphatic heterocycles. The van der Waals surface area contributed by atoms with Gasteiger partial charge in [-0.15, -0.1) is 0 Å². The Balaban J connectivity index is 2.56. The molecule has 1 heterocycles. The molecule has 0 aliphatic rings. The van der Waals surface area contributed by atoms with Crippen LogP contribution >= 0.6 is 0 Å². The van der Waals surface area contributed by atoms with Crippen LogP contribution < -0.4 is 0 Å². The summed E-state index contributed by atoms with van der Waals surface area (Å²) in [5.41, 5.74) is 1.74. The van der Waals surface area contributed by atoms with Gasteiger partial charge >= 0.3 is 0 Å². The van der Waals surface area contributed by atoms with Crippen LogP contribution in [0, 0.1) is 5.82 Å². The highest BCUT2D eigenvalue weighted by Gasteiger charge is 2.10. The van der Waals surface area contributed by atoms with Crippen LogP contribution in [0.15, 0.2) is 30.6 Å². The third-order valence-electron chi connectivity index (χ3n) is 2.25. The smallest absolute Gasteiger partial charge is 0.123 e.